The van der Waals surface area contributed by atoms with Crippen LogP contribution in [0, 0.1) is 0 Å². The molecule has 0 unspecified atom stereocenters. The van der Waals surface area contributed by atoms with Crippen molar-refractivity contribution < 1.29 is 19.1 Å². The van der Waals surface area contributed by atoms with Gasteiger partial charge in [-0.15, -0.1) is 0 Å². The Labute approximate surface area is 170 Å². The fourth-order valence-electron chi connectivity index (χ4n) is 2.90. The van der Waals surface area contributed by atoms with E-state index in [4.69, 9.17) is 9.47 Å². The minimum atomic E-state index is -0.547. The number of fused-ring (bicyclic) bond motifs is 1. The molecule has 6 nitrogen and oxygen atoms in total. The predicted octanol–water partition coefficient (Wildman–Crippen LogP) is 4.89. The van der Waals surface area contributed by atoms with Gasteiger partial charge in [-0.05, 0) is 56.5 Å². The van der Waals surface area contributed by atoms with Gasteiger partial charge in [-0.2, -0.15) is 0 Å². The van der Waals surface area contributed by atoms with Gasteiger partial charge in [-0.1, -0.05) is 36.4 Å². The van der Waals surface area contributed by atoms with E-state index in [2.05, 4.69) is 5.32 Å². The number of carbonyl (C=O) groups excluding carboxylic acids is 2. The number of hydrogen-bond donors (Lipinski definition) is 1. The molecule has 0 atom stereocenters. The number of alkyl carbamates (subject to hydrolysis) is 1. The quantitative estimate of drug-likeness (QED) is 0.669. The summed E-state index contributed by atoms with van der Waals surface area (Å²) in [5.74, 6) is 0. The maximum absolute atomic E-state index is 12.3. The first-order valence-corrected chi connectivity index (χ1v) is 9.60. The van der Waals surface area contributed by atoms with Gasteiger partial charge in [0.15, 0.2) is 0 Å². The minimum absolute atomic E-state index is 0.247. The highest BCUT2D eigenvalue weighted by atomic mass is 16.6. The van der Waals surface area contributed by atoms with E-state index in [9.17, 15) is 9.59 Å². The first-order chi connectivity index (χ1) is 13.8. The Morgan fingerprint density at radius 2 is 1.76 bits per heavy atom. The summed E-state index contributed by atoms with van der Waals surface area (Å²) in [5, 5.41) is 3.70. The summed E-state index contributed by atoms with van der Waals surface area (Å²) in [6.45, 7) is 6.23. The topological polar surface area (TPSA) is 69.6 Å². The summed E-state index contributed by atoms with van der Waals surface area (Å²) in [4.78, 5) is 24.1. The molecule has 0 saturated heterocycles. The Morgan fingerprint density at radius 1 is 1.00 bits per heavy atom. The van der Waals surface area contributed by atoms with Crippen molar-refractivity contribution in [3.8, 4) is 0 Å². The molecule has 0 saturated carbocycles. The second-order valence-corrected chi connectivity index (χ2v) is 7.80. The summed E-state index contributed by atoms with van der Waals surface area (Å²) >= 11 is 0. The van der Waals surface area contributed by atoms with Crippen molar-refractivity contribution in [2.45, 2.75) is 39.4 Å². The van der Waals surface area contributed by atoms with Gasteiger partial charge in [0.25, 0.3) is 0 Å². The number of rotatable bonds is 5. The number of benzene rings is 2. The van der Waals surface area contributed by atoms with Gasteiger partial charge in [0.1, 0.15) is 12.2 Å². The first-order valence-electron chi connectivity index (χ1n) is 9.60. The largest absolute Gasteiger partial charge is 0.445 e. The molecule has 2 aromatic carbocycles. The van der Waals surface area contributed by atoms with Crippen LogP contribution in [0.4, 0.5) is 9.59 Å². The van der Waals surface area contributed by atoms with Crippen molar-refractivity contribution in [1.29, 1.82) is 0 Å². The number of aromatic nitrogens is 1. The van der Waals surface area contributed by atoms with Crippen LogP contribution in [0.25, 0.3) is 10.9 Å². The van der Waals surface area contributed by atoms with Gasteiger partial charge in [0.05, 0.1) is 5.52 Å². The third kappa shape index (κ3) is 5.85. The zero-order valence-electron chi connectivity index (χ0n) is 17.0. The summed E-state index contributed by atoms with van der Waals surface area (Å²) < 4.78 is 12.1. The van der Waals surface area contributed by atoms with Crippen molar-refractivity contribution in [1.82, 2.24) is 9.88 Å². The summed E-state index contributed by atoms with van der Waals surface area (Å²) in [7, 11) is 0. The Balaban J connectivity index is 1.52. The fraction of sp³-hybridized carbons (Fsp3) is 0.304. The lowest BCUT2D eigenvalue weighted by Crippen LogP contribution is -2.26. The lowest BCUT2D eigenvalue weighted by atomic mass is 10.1. The molecule has 6 heteroatoms. The van der Waals surface area contributed by atoms with Crippen LogP contribution >= 0.6 is 0 Å². The van der Waals surface area contributed by atoms with Crippen molar-refractivity contribution in [2.24, 2.45) is 0 Å². The average molecular weight is 394 g/mol. The Morgan fingerprint density at radius 3 is 2.48 bits per heavy atom. The minimum Gasteiger partial charge on any atom is -0.445 e. The second kappa shape index (κ2) is 8.82. The first kappa shape index (κ1) is 20.5. The van der Waals surface area contributed by atoms with Gasteiger partial charge in [0.2, 0.25) is 0 Å². The summed E-state index contributed by atoms with van der Waals surface area (Å²) in [6, 6.07) is 17.3. The van der Waals surface area contributed by atoms with Crippen LogP contribution in [0.5, 0.6) is 0 Å². The number of hydrogen-bond acceptors (Lipinski definition) is 4. The van der Waals surface area contributed by atoms with E-state index in [-0.39, 0.29) is 6.61 Å². The van der Waals surface area contributed by atoms with Crippen molar-refractivity contribution >= 4 is 23.1 Å². The Bertz CT molecular complexity index is 987. The molecule has 0 bridgehead atoms. The number of nitrogens with one attached hydrogen (secondary N) is 1. The number of carbonyl (C=O) groups is 2. The standard InChI is InChI=1S/C23H26N2O4/c1-23(2,3)29-22(27)25-14-12-19-15-17(9-10-20(19)25)11-13-24-21(26)28-16-18-7-5-4-6-8-18/h4-10,12,14-15H,11,13,16H2,1-3H3,(H,24,26). The van der Waals surface area contributed by atoms with Crippen LogP contribution in [-0.2, 0) is 22.5 Å². The van der Waals surface area contributed by atoms with Crippen molar-refractivity contribution in [2.75, 3.05) is 6.54 Å². The van der Waals surface area contributed by atoms with Gasteiger partial charge in [0, 0.05) is 18.1 Å². The second-order valence-electron chi connectivity index (χ2n) is 7.80. The van der Waals surface area contributed by atoms with Gasteiger partial charge in [-0.3, -0.25) is 4.57 Å². The molecule has 1 N–H and O–H groups in total. The molecule has 0 aliphatic carbocycles. The van der Waals surface area contributed by atoms with Crippen LogP contribution in [0.2, 0.25) is 0 Å². The maximum Gasteiger partial charge on any atom is 0.418 e. The van der Waals surface area contributed by atoms with Gasteiger partial charge < -0.3 is 14.8 Å². The SMILES string of the molecule is CC(C)(C)OC(=O)n1ccc2cc(CCNC(=O)OCc3ccccc3)ccc21. The molecule has 0 aliphatic rings. The molecule has 0 spiro atoms. The predicted molar refractivity (Wildman–Crippen MR) is 112 cm³/mol. The molecule has 1 aromatic heterocycles. The highest BCUT2D eigenvalue weighted by Crippen LogP contribution is 2.20. The maximum atomic E-state index is 12.3. The van der Waals surface area contributed by atoms with E-state index in [0.29, 0.717) is 13.0 Å². The molecule has 3 aromatic rings. The molecule has 1 amide bonds. The molecule has 1 heterocycles. The average Bonchev–Trinajstić information content (AvgIpc) is 3.09. The number of ether oxygens (including phenoxy) is 2. The lowest BCUT2D eigenvalue weighted by Gasteiger charge is -2.19. The molecule has 152 valence electrons. The normalized spacial score (nSPS) is 11.3. The molecular formula is C23H26N2O4. The van der Waals surface area contributed by atoms with Crippen LogP contribution in [0.15, 0.2) is 60.8 Å². The van der Waals surface area contributed by atoms with Crippen molar-refractivity contribution in [3.63, 3.8) is 0 Å². The van der Waals surface area contributed by atoms with Crippen LogP contribution in [0.1, 0.15) is 31.9 Å². The van der Waals surface area contributed by atoms with E-state index < -0.39 is 17.8 Å². The van der Waals surface area contributed by atoms with E-state index >= 15 is 0 Å². The number of nitrogens with zero attached hydrogens (tertiary/aromatic N) is 1. The van der Waals surface area contributed by atoms with Crippen molar-refractivity contribution in [3.05, 3.63) is 71.9 Å². The third-order valence-electron chi connectivity index (χ3n) is 4.24. The van der Waals surface area contributed by atoms with E-state index in [0.717, 1.165) is 22.0 Å². The molecule has 0 fully saturated rings. The molecule has 0 aliphatic heterocycles. The van der Waals surface area contributed by atoms with Gasteiger partial charge in [-0.25, -0.2) is 9.59 Å². The van der Waals surface area contributed by atoms with E-state index in [1.807, 2.05) is 75.4 Å². The zero-order valence-corrected chi connectivity index (χ0v) is 17.0. The Hall–Kier alpha value is -3.28. The third-order valence-corrected chi connectivity index (χ3v) is 4.24. The summed E-state index contributed by atoms with van der Waals surface area (Å²) in [6.07, 6.45) is 1.53. The van der Waals surface area contributed by atoms with Gasteiger partial charge >= 0.3 is 12.2 Å². The Kier molecular flexibility index (Phi) is 6.22. The van der Waals surface area contributed by atoms with E-state index in [1.165, 1.54) is 4.57 Å². The zero-order chi connectivity index (χ0) is 20.9. The highest BCUT2D eigenvalue weighted by molar-refractivity contribution is 5.90. The monoisotopic (exact) mass is 394 g/mol. The van der Waals surface area contributed by atoms with E-state index in [1.54, 1.807) is 6.20 Å². The lowest BCUT2D eigenvalue weighted by molar-refractivity contribution is 0.0544. The molecule has 3 rings (SSSR count). The smallest absolute Gasteiger partial charge is 0.418 e. The summed E-state index contributed by atoms with van der Waals surface area (Å²) in [5.41, 5.74) is 2.25. The van der Waals surface area contributed by atoms with Crippen LogP contribution in [0.3, 0.4) is 0 Å². The van der Waals surface area contributed by atoms with Crippen LogP contribution < -0.4 is 5.32 Å². The molecule has 0 radical (unpaired) electrons. The molecule has 29 heavy (non-hydrogen) atoms. The highest BCUT2D eigenvalue weighted by Gasteiger charge is 2.19. The number of amides is 1. The molecular weight excluding hydrogens is 368 g/mol. The van der Waals surface area contributed by atoms with Crippen LogP contribution in [-0.4, -0.2) is 28.9 Å². The fourth-order valence-corrected chi connectivity index (χ4v) is 2.90.